The standard InChI is InChI=1S/C13H17ClN4O2/c14-6-13(19)18-4-3-10(7-18)20-12-5-11(15-8-16-12)17-9-1-2-9/h5,8-10H,1-4,6-7H2,(H,15,16,17). The van der Waals surface area contributed by atoms with Gasteiger partial charge in [0.25, 0.3) is 0 Å². The molecule has 20 heavy (non-hydrogen) atoms. The van der Waals surface area contributed by atoms with Crippen molar-refractivity contribution in [2.45, 2.75) is 31.4 Å². The molecule has 3 rings (SSSR count). The predicted octanol–water partition coefficient (Wildman–Crippen LogP) is 1.27. The summed E-state index contributed by atoms with van der Waals surface area (Å²) in [6.07, 6.45) is 4.66. The van der Waals surface area contributed by atoms with E-state index < -0.39 is 0 Å². The molecule has 7 heteroatoms. The summed E-state index contributed by atoms with van der Waals surface area (Å²) < 4.78 is 5.81. The van der Waals surface area contributed by atoms with Gasteiger partial charge in [-0.1, -0.05) is 0 Å². The molecule has 0 aromatic carbocycles. The van der Waals surface area contributed by atoms with Crippen LogP contribution in [-0.2, 0) is 4.79 Å². The average molecular weight is 297 g/mol. The minimum absolute atomic E-state index is 0.0224. The van der Waals surface area contributed by atoms with Crippen LogP contribution in [0.3, 0.4) is 0 Å². The van der Waals surface area contributed by atoms with E-state index in [0.717, 1.165) is 12.2 Å². The Kier molecular flexibility index (Phi) is 3.91. The van der Waals surface area contributed by atoms with Crippen LogP contribution in [0.1, 0.15) is 19.3 Å². The van der Waals surface area contributed by atoms with Gasteiger partial charge >= 0.3 is 0 Å². The highest BCUT2D eigenvalue weighted by Crippen LogP contribution is 2.25. The third-order valence-corrected chi connectivity index (χ3v) is 3.70. The number of carbonyl (C=O) groups excluding carboxylic acids is 1. The molecule has 6 nitrogen and oxygen atoms in total. The third-order valence-electron chi connectivity index (χ3n) is 3.47. The molecule has 1 unspecified atom stereocenters. The van der Waals surface area contributed by atoms with Crippen LogP contribution in [-0.4, -0.2) is 51.9 Å². The molecular weight excluding hydrogens is 280 g/mol. The number of nitrogens with zero attached hydrogens (tertiary/aromatic N) is 3. The van der Waals surface area contributed by atoms with Gasteiger partial charge in [-0.15, -0.1) is 11.6 Å². The Bertz CT molecular complexity index is 495. The molecule has 1 aromatic rings. The molecule has 2 fully saturated rings. The molecule has 1 amide bonds. The molecule has 2 aliphatic rings. The summed E-state index contributed by atoms with van der Waals surface area (Å²) >= 11 is 5.55. The predicted molar refractivity (Wildman–Crippen MR) is 75.0 cm³/mol. The van der Waals surface area contributed by atoms with Gasteiger partial charge in [0, 0.05) is 25.1 Å². The van der Waals surface area contributed by atoms with Crippen LogP contribution in [0.25, 0.3) is 0 Å². The number of ether oxygens (including phenoxy) is 1. The molecular formula is C13H17ClN4O2. The van der Waals surface area contributed by atoms with E-state index in [2.05, 4.69) is 15.3 Å². The van der Waals surface area contributed by atoms with Gasteiger partial charge in [0.15, 0.2) is 0 Å². The number of halogens is 1. The Morgan fingerprint density at radius 1 is 1.45 bits per heavy atom. The van der Waals surface area contributed by atoms with Crippen molar-refractivity contribution in [3.8, 4) is 5.88 Å². The van der Waals surface area contributed by atoms with Gasteiger partial charge in [-0.05, 0) is 12.8 Å². The van der Waals surface area contributed by atoms with Crippen LogP contribution >= 0.6 is 11.6 Å². The highest BCUT2D eigenvalue weighted by Gasteiger charge is 2.27. The van der Waals surface area contributed by atoms with Crippen molar-refractivity contribution in [1.82, 2.24) is 14.9 Å². The molecule has 1 aliphatic heterocycles. The van der Waals surface area contributed by atoms with Gasteiger partial charge in [0.2, 0.25) is 11.8 Å². The lowest BCUT2D eigenvalue weighted by atomic mass is 10.3. The summed E-state index contributed by atoms with van der Waals surface area (Å²) in [5, 5.41) is 3.30. The van der Waals surface area contributed by atoms with E-state index in [1.807, 2.05) is 6.07 Å². The Balaban J connectivity index is 1.56. The summed E-state index contributed by atoms with van der Waals surface area (Å²) in [6.45, 7) is 1.26. The monoisotopic (exact) mass is 296 g/mol. The summed E-state index contributed by atoms with van der Waals surface area (Å²) in [5.41, 5.74) is 0. The molecule has 0 bridgehead atoms. The lowest BCUT2D eigenvalue weighted by Gasteiger charge is -2.15. The first-order valence-electron chi connectivity index (χ1n) is 6.83. The molecule has 1 N–H and O–H groups in total. The number of hydrogen-bond acceptors (Lipinski definition) is 5. The smallest absolute Gasteiger partial charge is 0.237 e. The number of nitrogens with one attached hydrogen (secondary N) is 1. The second kappa shape index (κ2) is 5.83. The molecule has 1 aliphatic carbocycles. The van der Waals surface area contributed by atoms with Crippen molar-refractivity contribution in [3.05, 3.63) is 12.4 Å². The van der Waals surface area contributed by atoms with E-state index in [-0.39, 0.29) is 17.9 Å². The fourth-order valence-electron chi connectivity index (χ4n) is 2.23. The highest BCUT2D eigenvalue weighted by molar-refractivity contribution is 6.27. The second-order valence-corrected chi connectivity index (χ2v) is 5.43. The van der Waals surface area contributed by atoms with Crippen LogP contribution in [0, 0.1) is 0 Å². The Morgan fingerprint density at radius 2 is 2.30 bits per heavy atom. The minimum atomic E-state index is -0.0449. The molecule has 1 aromatic heterocycles. The summed E-state index contributed by atoms with van der Waals surface area (Å²) in [6, 6.07) is 2.35. The average Bonchev–Trinajstić information content (AvgIpc) is 3.14. The van der Waals surface area contributed by atoms with E-state index in [1.54, 1.807) is 4.90 Å². The first-order chi connectivity index (χ1) is 9.74. The zero-order chi connectivity index (χ0) is 13.9. The van der Waals surface area contributed by atoms with Gasteiger partial charge < -0.3 is 15.0 Å². The lowest BCUT2D eigenvalue weighted by Crippen LogP contribution is -2.31. The molecule has 1 atom stereocenters. The quantitative estimate of drug-likeness (QED) is 0.829. The van der Waals surface area contributed by atoms with Crippen LogP contribution in [0.15, 0.2) is 12.4 Å². The molecule has 0 radical (unpaired) electrons. The molecule has 1 saturated heterocycles. The fraction of sp³-hybridized carbons (Fsp3) is 0.615. The fourth-order valence-corrected chi connectivity index (χ4v) is 2.39. The van der Waals surface area contributed by atoms with Crippen molar-refractivity contribution >= 4 is 23.3 Å². The van der Waals surface area contributed by atoms with E-state index in [9.17, 15) is 4.79 Å². The third kappa shape index (κ3) is 3.30. The Hall–Kier alpha value is -1.56. The van der Waals surface area contributed by atoms with E-state index in [4.69, 9.17) is 16.3 Å². The number of carbonyl (C=O) groups is 1. The first kappa shape index (κ1) is 13.4. The number of amides is 1. The number of alkyl halides is 1. The highest BCUT2D eigenvalue weighted by atomic mass is 35.5. The first-order valence-corrected chi connectivity index (χ1v) is 7.37. The number of aromatic nitrogens is 2. The number of likely N-dealkylation sites (tertiary alicyclic amines) is 1. The van der Waals surface area contributed by atoms with Crippen molar-refractivity contribution in [1.29, 1.82) is 0 Å². The van der Waals surface area contributed by atoms with Gasteiger partial charge in [-0.2, -0.15) is 0 Å². The topological polar surface area (TPSA) is 67.3 Å². The van der Waals surface area contributed by atoms with E-state index in [1.165, 1.54) is 19.2 Å². The lowest BCUT2D eigenvalue weighted by molar-refractivity contribution is -0.127. The van der Waals surface area contributed by atoms with Crippen molar-refractivity contribution < 1.29 is 9.53 Å². The zero-order valence-corrected chi connectivity index (χ0v) is 11.8. The maximum absolute atomic E-state index is 11.5. The van der Waals surface area contributed by atoms with Crippen molar-refractivity contribution in [3.63, 3.8) is 0 Å². The Morgan fingerprint density at radius 3 is 3.05 bits per heavy atom. The SMILES string of the molecule is O=C(CCl)N1CCC(Oc2cc(NC3CC3)ncn2)C1. The van der Waals surface area contributed by atoms with E-state index >= 15 is 0 Å². The van der Waals surface area contributed by atoms with Gasteiger partial charge in [-0.25, -0.2) is 9.97 Å². The molecule has 2 heterocycles. The van der Waals surface area contributed by atoms with Crippen LogP contribution in [0.4, 0.5) is 5.82 Å². The maximum Gasteiger partial charge on any atom is 0.237 e. The summed E-state index contributed by atoms with van der Waals surface area (Å²) in [5.74, 6) is 1.32. The minimum Gasteiger partial charge on any atom is -0.472 e. The number of rotatable bonds is 5. The van der Waals surface area contributed by atoms with Crippen molar-refractivity contribution in [2.75, 3.05) is 24.3 Å². The van der Waals surface area contributed by atoms with Crippen LogP contribution in [0.5, 0.6) is 5.88 Å². The molecule has 0 spiro atoms. The number of hydrogen-bond donors (Lipinski definition) is 1. The molecule has 1 saturated carbocycles. The maximum atomic E-state index is 11.5. The Labute approximate surface area is 122 Å². The molecule has 108 valence electrons. The number of anilines is 1. The summed E-state index contributed by atoms with van der Waals surface area (Å²) in [7, 11) is 0. The normalized spacial score (nSPS) is 21.9. The second-order valence-electron chi connectivity index (χ2n) is 5.16. The largest absolute Gasteiger partial charge is 0.472 e. The van der Waals surface area contributed by atoms with E-state index in [0.29, 0.717) is 25.0 Å². The summed E-state index contributed by atoms with van der Waals surface area (Å²) in [4.78, 5) is 21.5. The van der Waals surface area contributed by atoms with Crippen LogP contribution in [0.2, 0.25) is 0 Å². The van der Waals surface area contributed by atoms with Crippen molar-refractivity contribution in [2.24, 2.45) is 0 Å². The van der Waals surface area contributed by atoms with Gasteiger partial charge in [-0.3, -0.25) is 4.79 Å². The van der Waals surface area contributed by atoms with Crippen LogP contribution < -0.4 is 10.1 Å². The zero-order valence-electron chi connectivity index (χ0n) is 11.1. The van der Waals surface area contributed by atoms with Gasteiger partial charge in [0.05, 0.1) is 6.54 Å². The van der Waals surface area contributed by atoms with Gasteiger partial charge in [0.1, 0.15) is 24.1 Å².